The van der Waals surface area contributed by atoms with Crippen LogP contribution in [0.5, 0.6) is 0 Å². The monoisotopic (exact) mass is 440 g/mol. The first-order valence-electron chi connectivity index (χ1n) is 9.53. The summed E-state index contributed by atoms with van der Waals surface area (Å²) in [7, 11) is 0. The number of nitrogens with one attached hydrogen (secondary N) is 1. The van der Waals surface area contributed by atoms with Gasteiger partial charge in [0.2, 0.25) is 17.7 Å². The number of nitrogens with zero attached hydrogens (tertiary/aromatic N) is 4. The quantitative estimate of drug-likeness (QED) is 0.463. The average molecular weight is 440 g/mol. The number of amides is 1. The van der Waals surface area contributed by atoms with Gasteiger partial charge in [-0.25, -0.2) is 9.97 Å². The van der Waals surface area contributed by atoms with Crippen LogP contribution < -0.4 is 10.00 Å². The van der Waals surface area contributed by atoms with Crippen molar-refractivity contribution in [3.8, 4) is 11.1 Å². The summed E-state index contributed by atoms with van der Waals surface area (Å²) in [5.74, 6) is -0.415. The highest BCUT2D eigenvalue weighted by Crippen LogP contribution is 2.29. The zero-order valence-corrected chi connectivity index (χ0v) is 16.6. The van der Waals surface area contributed by atoms with Gasteiger partial charge in [0.1, 0.15) is 6.33 Å². The van der Waals surface area contributed by atoms with Gasteiger partial charge in [-0.2, -0.15) is 13.2 Å². The maximum absolute atomic E-state index is 12.8. The molecule has 4 aromatic rings. The molecule has 32 heavy (non-hydrogen) atoms. The largest absolute Gasteiger partial charge is 0.416 e. The SMILES string of the molecule is O=C(Cc1cccc(C(F)(F)F)c1)Nc1c[n+](Cc2ccc(-c3cncnc3)cc2)no1. The summed E-state index contributed by atoms with van der Waals surface area (Å²) in [6, 6.07) is 12.4. The zero-order chi connectivity index (χ0) is 22.6. The van der Waals surface area contributed by atoms with Crippen LogP contribution in [0.2, 0.25) is 0 Å². The number of hydrogen-bond acceptors (Lipinski definition) is 5. The van der Waals surface area contributed by atoms with Gasteiger partial charge in [0.25, 0.3) is 6.20 Å². The maximum Gasteiger partial charge on any atom is 0.416 e. The fraction of sp³-hybridized carbons (Fsp3) is 0.136. The number of anilines is 1. The molecule has 0 aliphatic carbocycles. The Bertz CT molecular complexity index is 1210. The van der Waals surface area contributed by atoms with Crippen molar-refractivity contribution >= 4 is 11.8 Å². The molecule has 10 heteroatoms. The third-order valence-corrected chi connectivity index (χ3v) is 4.58. The number of aromatic nitrogens is 4. The molecular weight excluding hydrogens is 423 g/mol. The second-order valence-electron chi connectivity index (χ2n) is 7.01. The topological polar surface area (TPSA) is 84.8 Å². The minimum atomic E-state index is -4.46. The highest BCUT2D eigenvalue weighted by molar-refractivity contribution is 5.90. The molecule has 0 aliphatic heterocycles. The van der Waals surface area contributed by atoms with E-state index in [1.807, 2.05) is 24.3 Å². The smallest absolute Gasteiger partial charge is 0.289 e. The Morgan fingerprint density at radius 1 is 1.00 bits per heavy atom. The highest BCUT2D eigenvalue weighted by atomic mass is 19.4. The third kappa shape index (κ3) is 5.34. The Morgan fingerprint density at radius 3 is 2.47 bits per heavy atom. The summed E-state index contributed by atoms with van der Waals surface area (Å²) in [6.45, 7) is 0.401. The zero-order valence-electron chi connectivity index (χ0n) is 16.6. The van der Waals surface area contributed by atoms with E-state index in [1.54, 1.807) is 12.4 Å². The number of rotatable bonds is 6. The molecule has 0 radical (unpaired) electrons. The number of hydrogen-bond donors (Lipinski definition) is 1. The van der Waals surface area contributed by atoms with Crippen LogP contribution in [0.25, 0.3) is 11.1 Å². The van der Waals surface area contributed by atoms with E-state index >= 15 is 0 Å². The average Bonchev–Trinajstić information content (AvgIpc) is 3.21. The van der Waals surface area contributed by atoms with Crippen LogP contribution in [0.3, 0.4) is 0 Å². The standard InChI is InChI=1S/C22H16F3N5O2/c23-22(24,25)19-3-1-2-16(8-19)9-20(31)28-21-13-30(29-32-21)12-15-4-6-17(7-5-15)18-10-26-14-27-11-18/h1-8,10-11,13-14H,9,12H2/p+1. The van der Waals surface area contributed by atoms with Crippen LogP contribution >= 0.6 is 0 Å². The lowest BCUT2D eigenvalue weighted by molar-refractivity contribution is -0.754. The first-order chi connectivity index (χ1) is 15.4. The molecule has 0 spiro atoms. The molecule has 0 fully saturated rings. The Hall–Kier alpha value is -4.08. The molecule has 2 heterocycles. The van der Waals surface area contributed by atoms with E-state index < -0.39 is 17.6 Å². The lowest BCUT2D eigenvalue weighted by Gasteiger charge is -2.08. The minimum absolute atomic E-state index is 0.0973. The first kappa shape index (κ1) is 21.2. The van der Waals surface area contributed by atoms with Gasteiger partial charge in [-0.15, -0.1) is 0 Å². The van der Waals surface area contributed by atoms with Crippen molar-refractivity contribution in [2.75, 3.05) is 5.32 Å². The summed E-state index contributed by atoms with van der Waals surface area (Å²) >= 11 is 0. The van der Waals surface area contributed by atoms with Gasteiger partial charge in [0.15, 0.2) is 0 Å². The molecule has 4 rings (SSSR count). The normalized spacial score (nSPS) is 11.3. The molecular formula is C22H17F3N5O2+. The van der Waals surface area contributed by atoms with E-state index in [0.717, 1.165) is 28.8 Å². The molecule has 0 saturated heterocycles. The van der Waals surface area contributed by atoms with Gasteiger partial charge in [0.05, 0.1) is 12.0 Å². The van der Waals surface area contributed by atoms with Gasteiger partial charge in [-0.3, -0.25) is 14.6 Å². The van der Waals surface area contributed by atoms with E-state index in [1.165, 1.54) is 29.3 Å². The molecule has 0 bridgehead atoms. The Balaban J connectivity index is 1.35. The Labute approximate surface area is 180 Å². The molecule has 162 valence electrons. The number of carbonyl (C=O) groups is 1. The van der Waals surface area contributed by atoms with Gasteiger partial charge < -0.3 is 0 Å². The van der Waals surface area contributed by atoms with Crippen LogP contribution in [-0.2, 0) is 23.9 Å². The van der Waals surface area contributed by atoms with Gasteiger partial charge in [-0.1, -0.05) is 42.5 Å². The molecule has 1 N–H and O–H groups in total. The van der Waals surface area contributed by atoms with E-state index in [4.69, 9.17) is 4.52 Å². The van der Waals surface area contributed by atoms with Crippen molar-refractivity contribution in [3.63, 3.8) is 0 Å². The highest BCUT2D eigenvalue weighted by Gasteiger charge is 2.30. The molecule has 0 saturated carbocycles. The summed E-state index contributed by atoms with van der Waals surface area (Å²) < 4.78 is 45.0. The van der Waals surface area contributed by atoms with Crippen LogP contribution in [0.4, 0.5) is 19.1 Å². The van der Waals surface area contributed by atoms with Gasteiger partial charge in [0, 0.05) is 23.5 Å². The van der Waals surface area contributed by atoms with Crippen LogP contribution in [0.15, 0.2) is 78.0 Å². The number of alkyl halides is 3. The third-order valence-electron chi connectivity index (χ3n) is 4.58. The molecule has 1 amide bonds. The van der Waals surface area contributed by atoms with Crippen LogP contribution in [-0.4, -0.2) is 21.1 Å². The van der Waals surface area contributed by atoms with Crippen molar-refractivity contribution in [1.82, 2.24) is 15.2 Å². The predicted octanol–water partition coefficient (Wildman–Crippen LogP) is 3.67. The lowest BCUT2D eigenvalue weighted by Crippen LogP contribution is -2.35. The van der Waals surface area contributed by atoms with E-state index in [9.17, 15) is 18.0 Å². The first-order valence-corrected chi connectivity index (χ1v) is 9.53. The van der Waals surface area contributed by atoms with Crippen molar-refractivity contribution in [2.24, 2.45) is 0 Å². The molecule has 0 unspecified atom stereocenters. The van der Waals surface area contributed by atoms with Crippen molar-refractivity contribution in [3.05, 3.63) is 90.1 Å². The molecule has 0 aliphatic rings. The van der Waals surface area contributed by atoms with Gasteiger partial charge in [-0.05, 0) is 21.9 Å². The number of halogens is 3. The minimum Gasteiger partial charge on any atom is -0.289 e. The molecule has 7 nitrogen and oxygen atoms in total. The van der Waals surface area contributed by atoms with E-state index in [0.29, 0.717) is 6.54 Å². The van der Waals surface area contributed by atoms with Crippen molar-refractivity contribution in [2.45, 2.75) is 19.1 Å². The second kappa shape index (κ2) is 8.96. The van der Waals surface area contributed by atoms with Crippen molar-refractivity contribution in [1.29, 1.82) is 0 Å². The fourth-order valence-electron chi connectivity index (χ4n) is 3.07. The Morgan fingerprint density at radius 2 is 1.75 bits per heavy atom. The maximum atomic E-state index is 12.8. The number of benzene rings is 2. The van der Waals surface area contributed by atoms with Crippen molar-refractivity contribution < 1.29 is 27.2 Å². The number of carbonyl (C=O) groups excluding carboxylic acids is 1. The van der Waals surface area contributed by atoms with Crippen LogP contribution in [0, 0.1) is 0 Å². The summed E-state index contributed by atoms with van der Waals surface area (Å²) in [5.41, 5.74) is 2.27. The summed E-state index contributed by atoms with van der Waals surface area (Å²) in [6.07, 6.45) is 1.73. The second-order valence-corrected chi connectivity index (χ2v) is 7.01. The Kier molecular flexibility index (Phi) is 5.93. The fourth-order valence-corrected chi connectivity index (χ4v) is 3.07. The van der Waals surface area contributed by atoms with E-state index in [-0.39, 0.29) is 17.9 Å². The van der Waals surface area contributed by atoms with Crippen LogP contribution in [0.1, 0.15) is 16.7 Å². The summed E-state index contributed by atoms with van der Waals surface area (Å²) in [4.78, 5) is 20.2. The lowest BCUT2D eigenvalue weighted by atomic mass is 10.1. The van der Waals surface area contributed by atoms with E-state index in [2.05, 4.69) is 20.6 Å². The summed E-state index contributed by atoms with van der Waals surface area (Å²) in [5, 5.41) is 6.36. The predicted molar refractivity (Wildman–Crippen MR) is 107 cm³/mol. The molecule has 2 aromatic heterocycles. The molecule has 0 atom stereocenters. The van der Waals surface area contributed by atoms with Gasteiger partial charge >= 0.3 is 12.1 Å². The molecule has 2 aromatic carbocycles.